The molecule has 0 bridgehead atoms. The molecule has 12 heteroatoms. The molecule has 33 heavy (non-hydrogen) atoms. The minimum absolute atomic E-state index is 0.0192. The smallest absolute Gasteiger partial charge is 0.261 e. The largest absolute Gasteiger partial charge is 0.481 e. The van der Waals surface area contributed by atoms with Crippen LogP contribution < -0.4 is 4.74 Å². The number of ether oxygens (including phenoxy) is 1. The second-order valence-corrected chi connectivity index (χ2v) is 12.5. The van der Waals surface area contributed by atoms with E-state index in [0.717, 1.165) is 12.2 Å². The highest BCUT2D eigenvalue weighted by Crippen LogP contribution is 2.48. The first-order valence-corrected chi connectivity index (χ1v) is 13.9. The standard InChI is InChI=1S/C21H20Cl5NO5S/c1-10-6-13(10)14-3-2-12(32-14)7-27(11-4-5-33(29,30)9-11)15(28)8-31-21-19(25)17(23)16(22)18(24)20(21)26/h2-3,10-11,13H,4-9H2,1H3. The molecule has 3 unspecified atom stereocenters. The van der Waals surface area contributed by atoms with E-state index in [4.69, 9.17) is 67.2 Å². The second-order valence-electron chi connectivity index (χ2n) is 8.39. The summed E-state index contributed by atoms with van der Waals surface area (Å²) in [6, 6.07) is 3.23. The van der Waals surface area contributed by atoms with Gasteiger partial charge in [-0.2, -0.15) is 0 Å². The molecule has 0 radical (unpaired) electrons. The molecule has 1 aromatic carbocycles. The van der Waals surface area contributed by atoms with Crippen molar-refractivity contribution in [3.63, 3.8) is 0 Å². The lowest BCUT2D eigenvalue weighted by Crippen LogP contribution is -2.43. The highest BCUT2D eigenvalue weighted by atomic mass is 35.5. The van der Waals surface area contributed by atoms with E-state index in [9.17, 15) is 13.2 Å². The Labute approximate surface area is 216 Å². The van der Waals surface area contributed by atoms with E-state index in [1.165, 1.54) is 4.90 Å². The fourth-order valence-corrected chi connectivity index (χ4v) is 6.90. The number of halogens is 5. The van der Waals surface area contributed by atoms with Crippen LogP contribution in [0.2, 0.25) is 25.1 Å². The Morgan fingerprint density at radius 3 is 2.24 bits per heavy atom. The van der Waals surface area contributed by atoms with Gasteiger partial charge in [-0.3, -0.25) is 4.79 Å². The average molecular weight is 576 g/mol. The van der Waals surface area contributed by atoms with Crippen LogP contribution in [0.4, 0.5) is 0 Å². The summed E-state index contributed by atoms with van der Waals surface area (Å²) >= 11 is 30.5. The fourth-order valence-electron chi connectivity index (χ4n) is 3.94. The van der Waals surface area contributed by atoms with E-state index in [1.807, 2.05) is 12.1 Å². The molecule has 1 saturated carbocycles. The van der Waals surface area contributed by atoms with Gasteiger partial charge in [-0.05, 0) is 30.9 Å². The maximum atomic E-state index is 13.2. The predicted molar refractivity (Wildman–Crippen MR) is 130 cm³/mol. The number of amides is 1. The number of carbonyl (C=O) groups excluding carboxylic acids is 1. The van der Waals surface area contributed by atoms with E-state index in [2.05, 4.69) is 6.92 Å². The van der Waals surface area contributed by atoms with Crippen LogP contribution >= 0.6 is 58.0 Å². The summed E-state index contributed by atoms with van der Waals surface area (Å²) in [5.74, 6) is 1.79. The van der Waals surface area contributed by atoms with Crippen LogP contribution in [0, 0.1) is 5.92 Å². The number of sulfone groups is 1. The minimum atomic E-state index is -3.23. The van der Waals surface area contributed by atoms with Crippen molar-refractivity contribution in [2.45, 2.75) is 38.3 Å². The van der Waals surface area contributed by atoms with Crippen molar-refractivity contribution >= 4 is 73.7 Å². The van der Waals surface area contributed by atoms with E-state index in [-0.39, 0.29) is 48.9 Å². The molecule has 1 amide bonds. The van der Waals surface area contributed by atoms with Gasteiger partial charge in [0.1, 0.15) is 21.6 Å². The SMILES string of the molecule is CC1CC1c1ccc(CN(C(=O)COc2c(Cl)c(Cl)c(Cl)c(Cl)c2Cl)C2CCS(=O)(=O)C2)o1. The van der Waals surface area contributed by atoms with E-state index in [0.29, 0.717) is 24.0 Å². The van der Waals surface area contributed by atoms with Crippen molar-refractivity contribution in [1.82, 2.24) is 4.90 Å². The molecule has 3 atom stereocenters. The molecule has 4 rings (SSSR count). The van der Waals surface area contributed by atoms with Crippen molar-refractivity contribution < 1.29 is 22.4 Å². The molecule has 1 saturated heterocycles. The number of nitrogens with zero attached hydrogens (tertiary/aromatic N) is 1. The van der Waals surface area contributed by atoms with Crippen LogP contribution in [-0.2, 0) is 21.2 Å². The third-order valence-corrected chi connectivity index (χ3v) is 9.95. The lowest BCUT2D eigenvalue weighted by Gasteiger charge is -2.27. The highest BCUT2D eigenvalue weighted by molar-refractivity contribution is 7.91. The lowest BCUT2D eigenvalue weighted by molar-refractivity contribution is -0.136. The van der Waals surface area contributed by atoms with E-state index < -0.39 is 28.4 Å². The summed E-state index contributed by atoms with van der Waals surface area (Å²) in [6.07, 6.45) is 1.40. The zero-order valence-corrected chi connectivity index (χ0v) is 22.0. The number of carbonyl (C=O) groups is 1. The Kier molecular flexibility index (Phi) is 7.40. The monoisotopic (exact) mass is 573 g/mol. The summed E-state index contributed by atoms with van der Waals surface area (Å²) < 4.78 is 35.6. The molecule has 2 aromatic rings. The molecule has 180 valence electrons. The third kappa shape index (κ3) is 5.39. The van der Waals surface area contributed by atoms with Crippen LogP contribution in [0.1, 0.15) is 37.2 Å². The number of hydrogen-bond acceptors (Lipinski definition) is 5. The Bertz CT molecular complexity index is 1170. The van der Waals surface area contributed by atoms with Gasteiger partial charge in [-0.25, -0.2) is 8.42 Å². The van der Waals surface area contributed by atoms with Crippen molar-refractivity contribution in [2.24, 2.45) is 5.92 Å². The Morgan fingerprint density at radius 1 is 1.09 bits per heavy atom. The zero-order chi connectivity index (χ0) is 24.1. The van der Waals surface area contributed by atoms with Gasteiger partial charge in [0.05, 0.1) is 33.1 Å². The Hall–Kier alpha value is -0.830. The van der Waals surface area contributed by atoms with Crippen LogP contribution in [0.15, 0.2) is 16.5 Å². The molecule has 2 fully saturated rings. The van der Waals surface area contributed by atoms with Crippen molar-refractivity contribution in [2.75, 3.05) is 18.1 Å². The first kappa shape index (κ1) is 25.3. The zero-order valence-electron chi connectivity index (χ0n) is 17.4. The van der Waals surface area contributed by atoms with Gasteiger partial charge >= 0.3 is 0 Å². The van der Waals surface area contributed by atoms with Gasteiger partial charge in [0, 0.05) is 12.0 Å². The normalized spacial score (nSPS) is 23.5. The molecule has 1 aliphatic carbocycles. The third-order valence-electron chi connectivity index (χ3n) is 5.96. The first-order chi connectivity index (χ1) is 15.5. The Morgan fingerprint density at radius 2 is 1.70 bits per heavy atom. The topological polar surface area (TPSA) is 76.8 Å². The van der Waals surface area contributed by atoms with Gasteiger partial charge < -0.3 is 14.1 Å². The van der Waals surface area contributed by atoms with E-state index >= 15 is 0 Å². The van der Waals surface area contributed by atoms with Crippen molar-refractivity contribution in [1.29, 1.82) is 0 Å². The minimum Gasteiger partial charge on any atom is -0.481 e. The second kappa shape index (κ2) is 9.67. The highest BCUT2D eigenvalue weighted by Gasteiger charge is 2.38. The quantitative estimate of drug-likeness (QED) is 0.288. The number of benzene rings is 1. The summed E-state index contributed by atoms with van der Waals surface area (Å²) in [7, 11) is -3.23. The van der Waals surface area contributed by atoms with Gasteiger partial charge in [0.15, 0.2) is 22.2 Å². The van der Waals surface area contributed by atoms with Crippen molar-refractivity contribution in [3.05, 3.63) is 48.8 Å². The number of furan rings is 1. The van der Waals surface area contributed by atoms with Crippen LogP contribution in [-0.4, -0.2) is 43.4 Å². The van der Waals surface area contributed by atoms with E-state index in [1.54, 1.807) is 0 Å². The van der Waals surface area contributed by atoms with Gasteiger partial charge in [0.2, 0.25) is 0 Å². The van der Waals surface area contributed by atoms with Crippen LogP contribution in [0.25, 0.3) is 0 Å². The summed E-state index contributed by atoms with van der Waals surface area (Å²) in [5.41, 5.74) is 0. The van der Waals surface area contributed by atoms with Gasteiger partial charge in [-0.15, -0.1) is 0 Å². The molecular formula is C21H20Cl5NO5S. The summed E-state index contributed by atoms with van der Waals surface area (Å²) in [4.78, 5) is 14.6. The molecular weight excluding hydrogens is 556 g/mol. The van der Waals surface area contributed by atoms with Gasteiger partial charge in [-0.1, -0.05) is 64.9 Å². The fraction of sp³-hybridized carbons (Fsp3) is 0.476. The van der Waals surface area contributed by atoms with Crippen LogP contribution in [0.5, 0.6) is 5.75 Å². The molecule has 2 aliphatic rings. The molecule has 1 aromatic heterocycles. The summed E-state index contributed by atoms with van der Waals surface area (Å²) in [6.45, 7) is 1.81. The van der Waals surface area contributed by atoms with Crippen molar-refractivity contribution in [3.8, 4) is 5.75 Å². The molecule has 1 aliphatic heterocycles. The Balaban J connectivity index is 1.53. The van der Waals surface area contributed by atoms with Gasteiger partial charge in [0.25, 0.3) is 5.91 Å². The summed E-state index contributed by atoms with van der Waals surface area (Å²) in [5, 5.41) is -0.276. The number of hydrogen-bond donors (Lipinski definition) is 0. The first-order valence-electron chi connectivity index (χ1n) is 10.2. The maximum Gasteiger partial charge on any atom is 0.261 e. The molecule has 0 spiro atoms. The maximum absolute atomic E-state index is 13.2. The molecule has 2 heterocycles. The molecule has 6 nitrogen and oxygen atoms in total. The van der Waals surface area contributed by atoms with Crippen LogP contribution in [0.3, 0.4) is 0 Å². The predicted octanol–water partition coefficient (Wildman–Crippen LogP) is 6.26. The number of rotatable bonds is 7. The average Bonchev–Trinajstić information content (AvgIpc) is 3.15. The lowest BCUT2D eigenvalue weighted by atomic mass is 10.2. The molecule has 0 N–H and O–H groups in total.